The van der Waals surface area contributed by atoms with Crippen molar-refractivity contribution in [1.29, 1.82) is 0 Å². The molecule has 0 heterocycles. The predicted molar refractivity (Wildman–Crippen MR) is 73.6 cm³/mol. The maximum atomic E-state index is 12.2. The summed E-state index contributed by atoms with van der Waals surface area (Å²) in [4.78, 5) is 13.9. The number of carbonyl (C=O) groups excluding carboxylic acids is 1. The lowest BCUT2D eigenvalue weighted by atomic mass is 10.2. The molecule has 104 valence electrons. The molecule has 0 bridgehead atoms. The molecule has 2 rings (SSSR count). The summed E-state index contributed by atoms with van der Waals surface area (Å²) < 4.78 is 5.15. The highest BCUT2D eigenvalue weighted by Crippen LogP contribution is 2.28. The number of aliphatic hydroxyl groups is 1. The highest BCUT2D eigenvalue weighted by Gasteiger charge is 2.32. The molecule has 0 spiro atoms. The second-order valence-electron chi connectivity index (χ2n) is 4.76. The first-order valence-electron chi connectivity index (χ1n) is 6.49. The van der Waals surface area contributed by atoms with Crippen LogP contribution in [0.4, 0.5) is 10.5 Å². The number of methoxy groups -OCH3 is 1. The van der Waals surface area contributed by atoms with E-state index in [0.717, 1.165) is 24.1 Å². The topological polar surface area (TPSA) is 61.8 Å². The van der Waals surface area contributed by atoms with Crippen LogP contribution in [0.25, 0.3) is 0 Å². The number of benzene rings is 1. The Labute approximate surface area is 113 Å². The van der Waals surface area contributed by atoms with Crippen LogP contribution in [-0.4, -0.2) is 42.3 Å². The Balaban J connectivity index is 2.08. The second-order valence-corrected chi connectivity index (χ2v) is 4.76. The molecule has 1 aliphatic rings. The molecule has 0 aromatic heterocycles. The lowest BCUT2D eigenvalue weighted by molar-refractivity contribution is 0.185. The van der Waals surface area contributed by atoms with Crippen LogP contribution in [0.5, 0.6) is 5.75 Å². The van der Waals surface area contributed by atoms with Crippen molar-refractivity contribution < 1.29 is 14.6 Å². The molecule has 0 saturated heterocycles. The van der Waals surface area contributed by atoms with Crippen molar-refractivity contribution in [1.82, 2.24) is 4.90 Å². The fourth-order valence-corrected chi connectivity index (χ4v) is 1.99. The van der Waals surface area contributed by atoms with Gasteiger partial charge in [-0.3, -0.25) is 0 Å². The van der Waals surface area contributed by atoms with Gasteiger partial charge in [0, 0.05) is 24.3 Å². The normalized spacial score (nSPS) is 14.1. The summed E-state index contributed by atoms with van der Waals surface area (Å²) in [5, 5.41) is 11.9. The predicted octanol–water partition coefficient (Wildman–Crippen LogP) is 1.99. The number of carbonyl (C=O) groups is 1. The zero-order chi connectivity index (χ0) is 13.8. The minimum Gasteiger partial charge on any atom is -0.497 e. The number of rotatable bonds is 5. The third kappa shape index (κ3) is 3.38. The zero-order valence-corrected chi connectivity index (χ0v) is 11.3. The van der Waals surface area contributed by atoms with E-state index in [2.05, 4.69) is 5.32 Å². The van der Waals surface area contributed by atoms with E-state index < -0.39 is 0 Å². The van der Waals surface area contributed by atoms with Gasteiger partial charge in [-0.25, -0.2) is 4.79 Å². The summed E-state index contributed by atoms with van der Waals surface area (Å²) in [6, 6.07) is 5.68. The van der Waals surface area contributed by atoms with Crippen molar-refractivity contribution in [3.63, 3.8) is 0 Å². The van der Waals surface area contributed by atoms with Crippen molar-refractivity contribution in [2.24, 2.45) is 0 Å². The highest BCUT2D eigenvalue weighted by atomic mass is 16.5. The van der Waals surface area contributed by atoms with Crippen LogP contribution < -0.4 is 10.1 Å². The molecule has 0 radical (unpaired) electrons. The summed E-state index contributed by atoms with van der Waals surface area (Å²) in [7, 11) is 1.60. The number of urea groups is 1. The summed E-state index contributed by atoms with van der Waals surface area (Å²) >= 11 is 0. The average Bonchev–Trinajstić information content (AvgIpc) is 3.22. The van der Waals surface area contributed by atoms with Crippen LogP contribution in [0, 0.1) is 6.92 Å². The molecule has 19 heavy (non-hydrogen) atoms. The van der Waals surface area contributed by atoms with E-state index in [4.69, 9.17) is 9.84 Å². The number of nitrogens with one attached hydrogen (secondary N) is 1. The van der Waals surface area contributed by atoms with E-state index in [-0.39, 0.29) is 18.7 Å². The number of anilines is 1. The second kappa shape index (κ2) is 5.93. The first kappa shape index (κ1) is 13.7. The molecular formula is C14H20N2O3. The number of aliphatic hydroxyl groups excluding tert-OH is 1. The van der Waals surface area contributed by atoms with E-state index in [1.54, 1.807) is 18.1 Å². The Morgan fingerprint density at radius 2 is 2.26 bits per heavy atom. The van der Waals surface area contributed by atoms with Gasteiger partial charge in [-0.05, 0) is 31.4 Å². The van der Waals surface area contributed by atoms with Crippen molar-refractivity contribution in [3.8, 4) is 5.75 Å². The van der Waals surface area contributed by atoms with Crippen molar-refractivity contribution in [2.75, 3.05) is 25.6 Å². The maximum Gasteiger partial charge on any atom is 0.322 e. The van der Waals surface area contributed by atoms with E-state index in [1.165, 1.54) is 0 Å². The first-order chi connectivity index (χ1) is 9.15. The van der Waals surface area contributed by atoms with Crippen LogP contribution in [-0.2, 0) is 0 Å². The summed E-state index contributed by atoms with van der Waals surface area (Å²) in [6.45, 7) is 2.29. The summed E-state index contributed by atoms with van der Waals surface area (Å²) in [5.74, 6) is 0.709. The maximum absolute atomic E-state index is 12.2. The Morgan fingerprint density at radius 1 is 1.53 bits per heavy atom. The third-order valence-corrected chi connectivity index (χ3v) is 3.28. The van der Waals surface area contributed by atoms with Gasteiger partial charge in [-0.15, -0.1) is 0 Å². The summed E-state index contributed by atoms with van der Waals surface area (Å²) in [5.41, 5.74) is 1.72. The lowest BCUT2D eigenvalue weighted by Crippen LogP contribution is -2.38. The van der Waals surface area contributed by atoms with Crippen molar-refractivity contribution in [2.45, 2.75) is 25.8 Å². The van der Waals surface area contributed by atoms with E-state index >= 15 is 0 Å². The molecule has 1 aromatic rings. The quantitative estimate of drug-likeness (QED) is 0.855. The van der Waals surface area contributed by atoms with Crippen LogP contribution in [0.1, 0.15) is 18.4 Å². The van der Waals surface area contributed by atoms with E-state index in [0.29, 0.717) is 12.3 Å². The molecule has 5 heteroatoms. The SMILES string of the molecule is COc1ccc(C)c(NC(=O)N(CCO)C2CC2)c1. The molecule has 5 nitrogen and oxygen atoms in total. The fraction of sp³-hybridized carbons (Fsp3) is 0.500. The molecule has 1 fully saturated rings. The van der Waals surface area contributed by atoms with Crippen LogP contribution in [0.15, 0.2) is 18.2 Å². The number of aryl methyl sites for hydroxylation is 1. The van der Waals surface area contributed by atoms with Gasteiger partial charge in [0.2, 0.25) is 0 Å². The molecule has 0 unspecified atom stereocenters. The van der Waals surface area contributed by atoms with Gasteiger partial charge in [-0.2, -0.15) is 0 Å². The molecule has 1 saturated carbocycles. The van der Waals surface area contributed by atoms with Gasteiger partial charge in [-0.1, -0.05) is 6.07 Å². The van der Waals surface area contributed by atoms with Crippen molar-refractivity contribution in [3.05, 3.63) is 23.8 Å². The van der Waals surface area contributed by atoms with Crippen molar-refractivity contribution >= 4 is 11.7 Å². The molecule has 0 atom stereocenters. The van der Waals surface area contributed by atoms with Gasteiger partial charge in [0.1, 0.15) is 5.75 Å². The monoisotopic (exact) mass is 264 g/mol. The molecule has 0 aliphatic heterocycles. The third-order valence-electron chi connectivity index (χ3n) is 3.28. The molecule has 1 aromatic carbocycles. The smallest absolute Gasteiger partial charge is 0.322 e. The zero-order valence-electron chi connectivity index (χ0n) is 11.3. The largest absolute Gasteiger partial charge is 0.497 e. The number of nitrogens with zero attached hydrogens (tertiary/aromatic N) is 1. The summed E-state index contributed by atoms with van der Waals surface area (Å²) in [6.07, 6.45) is 2.04. The standard InChI is InChI=1S/C14H20N2O3/c1-10-3-6-12(19-2)9-13(10)15-14(18)16(7-8-17)11-4-5-11/h3,6,9,11,17H,4-5,7-8H2,1-2H3,(H,15,18). The van der Waals surface area contributed by atoms with E-state index in [1.807, 2.05) is 19.1 Å². The Bertz CT molecular complexity index is 458. The molecule has 2 amide bonds. The van der Waals surface area contributed by atoms with Gasteiger partial charge >= 0.3 is 6.03 Å². The average molecular weight is 264 g/mol. The van der Waals surface area contributed by atoms with Crippen LogP contribution in [0.2, 0.25) is 0 Å². The molecule has 1 aliphatic carbocycles. The fourth-order valence-electron chi connectivity index (χ4n) is 1.99. The Kier molecular flexibility index (Phi) is 4.27. The van der Waals surface area contributed by atoms with Gasteiger partial charge in [0.15, 0.2) is 0 Å². The van der Waals surface area contributed by atoms with Gasteiger partial charge in [0.05, 0.1) is 13.7 Å². The molecular weight excluding hydrogens is 244 g/mol. The van der Waals surface area contributed by atoms with Crippen LogP contribution >= 0.6 is 0 Å². The number of hydrogen-bond donors (Lipinski definition) is 2. The minimum atomic E-state index is -0.159. The molecule has 2 N–H and O–H groups in total. The number of ether oxygens (including phenoxy) is 1. The van der Waals surface area contributed by atoms with Crippen LogP contribution in [0.3, 0.4) is 0 Å². The first-order valence-corrected chi connectivity index (χ1v) is 6.49. The van der Waals surface area contributed by atoms with E-state index in [9.17, 15) is 4.79 Å². The Morgan fingerprint density at radius 3 is 2.84 bits per heavy atom. The number of hydrogen-bond acceptors (Lipinski definition) is 3. The lowest BCUT2D eigenvalue weighted by Gasteiger charge is -2.22. The van der Waals surface area contributed by atoms with Gasteiger partial charge < -0.3 is 20.1 Å². The van der Waals surface area contributed by atoms with Gasteiger partial charge in [0.25, 0.3) is 0 Å². The Hall–Kier alpha value is -1.75. The highest BCUT2D eigenvalue weighted by molar-refractivity contribution is 5.90. The minimum absolute atomic E-state index is 0.0129. The number of amides is 2.